The molecule has 0 radical (unpaired) electrons. The third kappa shape index (κ3) is 2.51. The van der Waals surface area contributed by atoms with Gasteiger partial charge in [0.1, 0.15) is 0 Å². The monoisotopic (exact) mass is 340 g/mol. The summed E-state index contributed by atoms with van der Waals surface area (Å²) in [6.07, 6.45) is 0. The van der Waals surface area contributed by atoms with E-state index in [0.29, 0.717) is 27.5 Å². The first-order chi connectivity index (χ1) is 9.62. The summed E-state index contributed by atoms with van der Waals surface area (Å²) in [5, 5.41) is 0. The number of carbonyl (C=O) groups is 1. The van der Waals surface area contributed by atoms with E-state index in [1.807, 2.05) is 0 Å². The fourth-order valence-electron chi connectivity index (χ4n) is 1.85. The smallest absolute Gasteiger partial charge is 0.232 e. The van der Waals surface area contributed by atoms with Crippen molar-refractivity contribution in [3.8, 4) is 17.2 Å². The molecule has 106 valence electrons. The summed E-state index contributed by atoms with van der Waals surface area (Å²) in [6, 6.07) is 6.49. The van der Waals surface area contributed by atoms with Crippen molar-refractivity contribution in [1.82, 2.24) is 0 Å². The fraction of sp³-hybridized carbons (Fsp3) is 0.214. The van der Waals surface area contributed by atoms with Gasteiger partial charge in [-0.05, 0) is 40.2 Å². The molecule has 6 heteroatoms. The Balaban J connectivity index is 2.54. The molecule has 0 atom stereocenters. The van der Waals surface area contributed by atoms with Gasteiger partial charge in [0.15, 0.2) is 21.9 Å². The highest BCUT2D eigenvalue weighted by atomic mass is 79.9. The summed E-state index contributed by atoms with van der Waals surface area (Å²) in [7, 11) is 4.46. The Kier molecular flexibility index (Phi) is 4.34. The van der Waals surface area contributed by atoms with E-state index in [-0.39, 0.29) is 11.5 Å². The second-order valence-electron chi connectivity index (χ2n) is 3.81. The molecule has 0 unspecified atom stereocenters. The number of ether oxygens (including phenoxy) is 3. The van der Waals surface area contributed by atoms with Gasteiger partial charge in [-0.3, -0.25) is 4.79 Å². The van der Waals surface area contributed by atoms with Crippen LogP contribution in [-0.2, 0) is 0 Å². The standard InChI is InChI=1S/C14H13BrO5/c1-17-10-5-4-8(13(18-2)14(10)19-3)12(16)9-6-7-11(15)20-9/h4-7H,1-3H3. The van der Waals surface area contributed by atoms with Crippen LogP contribution >= 0.6 is 15.9 Å². The van der Waals surface area contributed by atoms with Gasteiger partial charge in [0.2, 0.25) is 11.5 Å². The van der Waals surface area contributed by atoms with Crippen LogP contribution in [0.2, 0.25) is 0 Å². The molecule has 2 rings (SSSR count). The maximum absolute atomic E-state index is 12.4. The van der Waals surface area contributed by atoms with Crippen molar-refractivity contribution in [3.63, 3.8) is 0 Å². The fourth-order valence-corrected chi connectivity index (χ4v) is 2.16. The average molecular weight is 341 g/mol. The zero-order valence-corrected chi connectivity index (χ0v) is 12.8. The van der Waals surface area contributed by atoms with Crippen LogP contribution in [0.5, 0.6) is 17.2 Å². The Morgan fingerprint density at radius 1 is 1.00 bits per heavy atom. The molecule has 0 bridgehead atoms. The van der Waals surface area contributed by atoms with Crippen LogP contribution in [0.3, 0.4) is 0 Å². The van der Waals surface area contributed by atoms with Crippen molar-refractivity contribution < 1.29 is 23.4 Å². The summed E-state index contributed by atoms with van der Waals surface area (Å²) < 4.78 is 21.5. The lowest BCUT2D eigenvalue weighted by Gasteiger charge is -2.14. The summed E-state index contributed by atoms with van der Waals surface area (Å²) >= 11 is 3.16. The first-order valence-corrected chi connectivity index (χ1v) is 6.50. The first-order valence-electron chi connectivity index (χ1n) is 5.71. The van der Waals surface area contributed by atoms with Crippen molar-refractivity contribution in [2.75, 3.05) is 21.3 Å². The maximum atomic E-state index is 12.4. The first kappa shape index (κ1) is 14.5. The second-order valence-corrected chi connectivity index (χ2v) is 4.60. The van der Waals surface area contributed by atoms with Gasteiger partial charge in [0.05, 0.1) is 26.9 Å². The summed E-state index contributed by atoms with van der Waals surface area (Å²) in [6.45, 7) is 0. The third-order valence-electron chi connectivity index (χ3n) is 2.75. The summed E-state index contributed by atoms with van der Waals surface area (Å²) in [5.74, 6) is 1.08. The lowest BCUT2D eigenvalue weighted by atomic mass is 10.1. The normalized spacial score (nSPS) is 10.2. The van der Waals surface area contributed by atoms with E-state index >= 15 is 0 Å². The minimum atomic E-state index is -0.298. The predicted molar refractivity (Wildman–Crippen MR) is 75.9 cm³/mol. The van der Waals surface area contributed by atoms with Crippen LogP contribution in [-0.4, -0.2) is 27.1 Å². The molecular weight excluding hydrogens is 328 g/mol. The third-order valence-corrected chi connectivity index (χ3v) is 3.17. The lowest BCUT2D eigenvalue weighted by molar-refractivity contribution is 0.100. The highest BCUT2D eigenvalue weighted by molar-refractivity contribution is 9.10. The molecule has 0 aliphatic heterocycles. The molecule has 0 N–H and O–H groups in total. The van der Waals surface area contributed by atoms with Crippen LogP contribution in [0.4, 0.5) is 0 Å². The number of halogens is 1. The number of rotatable bonds is 5. The average Bonchev–Trinajstić information content (AvgIpc) is 2.91. The minimum absolute atomic E-state index is 0.211. The number of hydrogen-bond acceptors (Lipinski definition) is 5. The highest BCUT2D eigenvalue weighted by Crippen LogP contribution is 2.40. The van der Waals surface area contributed by atoms with E-state index in [2.05, 4.69) is 15.9 Å². The number of methoxy groups -OCH3 is 3. The van der Waals surface area contributed by atoms with Crippen molar-refractivity contribution in [2.24, 2.45) is 0 Å². The zero-order chi connectivity index (χ0) is 14.7. The molecule has 0 saturated heterocycles. The van der Waals surface area contributed by atoms with Gasteiger partial charge in [-0.25, -0.2) is 0 Å². The van der Waals surface area contributed by atoms with E-state index in [0.717, 1.165) is 0 Å². The van der Waals surface area contributed by atoms with Gasteiger partial charge in [-0.2, -0.15) is 0 Å². The van der Waals surface area contributed by atoms with E-state index in [1.54, 1.807) is 24.3 Å². The van der Waals surface area contributed by atoms with E-state index in [1.165, 1.54) is 21.3 Å². The van der Waals surface area contributed by atoms with Gasteiger partial charge in [-0.15, -0.1) is 0 Å². The Bertz CT molecular complexity index is 632. The van der Waals surface area contributed by atoms with E-state index < -0.39 is 0 Å². The topological polar surface area (TPSA) is 57.9 Å². The molecule has 0 fully saturated rings. The number of carbonyl (C=O) groups excluding carboxylic acids is 1. The number of furan rings is 1. The number of ketones is 1. The van der Waals surface area contributed by atoms with E-state index in [4.69, 9.17) is 18.6 Å². The Labute approximate surface area is 124 Å². The van der Waals surface area contributed by atoms with Crippen molar-refractivity contribution >= 4 is 21.7 Å². The SMILES string of the molecule is COc1ccc(C(=O)c2ccc(Br)o2)c(OC)c1OC. The van der Waals surface area contributed by atoms with Crippen LogP contribution in [0.25, 0.3) is 0 Å². The van der Waals surface area contributed by atoms with Crippen molar-refractivity contribution in [1.29, 1.82) is 0 Å². The molecule has 0 amide bonds. The quantitative estimate of drug-likeness (QED) is 0.781. The van der Waals surface area contributed by atoms with E-state index in [9.17, 15) is 4.79 Å². The second kappa shape index (κ2) is 6.00. The molecule has 20 heavy (non-hydrogen) atoms. The zero-order valence-electron chi connectivity index (χ0n) is 11.2. The Hall–Kier alpha value is -1.95. The molecule has 1 aromatic carbocycles. The highest BCUT2D eigenvalue weighted by Gasteiger charge is 2.23. The molecule has 1 heterocycles. The summed E-state index contributed by atoms with van der Waals surface area (Å²) in [4.78, 5) is 12.4. The summed E-state index contributed by atoms with van der Waals surface area (Å²) in [5.41, 5.74) is 0.340. The van der Waals surface area contributed by atoms with Gasteiger partial charge in [-0.1, -0.05) is 0 Å². The van der Waals surface area contributed by atoms with Gasteiger partial charge >= 0.3 is 0 Å². The Morgan fingerprint density at radius 2 is 1.70 bits per heavy atom. The lowest BCUT2D eigenvalue weighted by Crippen LogP contribution is -2.05. The molecule has 2 aromatic rings. The molecule has 0 saturated carbocycles. The van der Waals surface area contributed by atoms with Gasteiger partial charge in [0.25, 0.3) is 0 Å². The minimum Gasteiger partial charge on any atom is -0.493 e. The van der Waals surface area contributed by atoms with Gasteiger partial charge in [0, 0.05) is 0 Å². The molecule has 0 aliphatic carbocycles. The van der Waals surface area contributed by atoms with Crippen LogP contribution in [0.15, 0.2) is 33.4 Å². The van der Waals surface area contributed by atoms with Gasteiger partial charge < -0.3 is 18.6 Å². The van der Waals surface area contributed by atoms with Crippen LogP contribution < -0.4 is 14.2 Å². The largest absolute Gasteiger partial charge is 0.493 e. The number of benzene rings is 1. The molecular formula is C14H13BrO5. The van der Waals surface area contributed by atoms with Crippen molar-refractivity contribution in [3.05, 3.63) is 40.3 Å². The van der Waals surface area contributed by atoms with Crippen molar-refractivity contribution in [2.45, 2.75) is 0 Å². The Morgan fingerprint density at radius 3 is 2.20 bits per heavy atom. The van der Waals surface area contributed by atoms with Crippen LogP contribution in [0.1, 0.15) is 16.1 Å². The molecule has 1 aromatic heterocycles. The number of hydrogen-bond donors (Lipinski definition) is 0. The molecule has 5 nitrogen and oxygen atoms in total. The van der Waals surface area contributed by atoms with Crippen LogP contribution in [0, 0.1) is 0 Å². The maximum Gasteiger partial charge on any atom is 0.232 e. The molecule has 0 aliphatic rings. The predicted octanol–water partition coefficient (Wildman–Crippen LogP) is 3.30. The molecule has 0 spiro atoms.